The summed E-state index contributed by atoms with van der Waals surface area (Å²) in [5.74, 6) is 0.802. The number of carbonyl (C=O) groups is 1. The van der Waals surface area contributed by atoms with Crippen LogP contribution in [-0.4, -0.2) is 51.6 Å². The van der Waals surface area contributed by atoms with Crippen LogP contribution in [0.1, 0.15) is 56.4 Å². The van der Waals surface area contributed by atoms with Crippen molar-refractivity contribution in [2.24, 2.45) is 0 Å². The molecule has 0 unspecified atom stereocenters. The van der Waals surface area contributed by atoms with Crippen LogP contribution in [0.15, 0.2) is 6.07 Å². The summed E-state index contributed by atoms with van der Waals surface area (Å²) in [6.45, 7) is 6.57. The van der Waals surface area contributed by atoms with E-state index in [2.05, 4.69) is 27.2 Å². The molecule has 1 atom stereocenters. The number of hydrogen-bond acceptors (Lipinski definition) is 5. The summed E-state index contributed by atoms with van der Waals surface area (Å²) in [6, 6.07) is 2.24. The van der Waals surface area contributed by atoms with Crippen LogP contribution in [0.25, 0.3) is 0 Å². The van der Waals surface area contributed by atoms with Gasteiger partial charge in [-0.15, -0.1) is 0 Å². The van der Waals surface area contributed by atoms with Gasteiger partial charge in [-0.1, -0.05) is 0 Å². The van der Waals surface area contributed by atoms with Crippen LogP contribution in [0.5, 0.6) is 0 Å². The van der Waals surface area contributed by atoms with Crippen molar-refractivity contribution in [1.82, 2.24) is 20.2 Å². The molecule has 2 N–H and O–H groups in total. The lowest BCUT2D eigenvalue weighted by Gasteiger charge is -2.23. The van der Waals surface area contributed by atoms with Gasteiger partial charge in [0.25, 0.3) is 0 Å². The van der Waals surface area contributed by atoms with Crippen LogP contribution in [0.3, 0.4) is 0 Å². The Kier molecular flexibility index (Phi) is 5.70. The number of nitrogens with zero attached hydrogens (tertiary/aromatic N) is 3. The predicted molar refractivity (Wildman–Crippen MR) is 89.0 cm³/mol. The fraction of sp³-hybridized carbons (Fsp3) is 0.706. The molecule has 6 heteroatoms. The Balaban J connectivity index is 2.00. The highest BCUT2D eigenvalue weighted by Crippen LogP contribution is 2.28. The molecule has 1 saturated heterocycles. The maximum atomic E-state index is 12.0. The summed E-state index contributed by atoms with van der Waals surface area (Å²) in [5, 5.41) is 12.0. The minimum atomic E-state index is -0.587. The fourth-order valence-electron chi connectivity index (χ4n) is 2.89. The highest BCUT2D eigenvalue weighted by molar-refractivity contribution is 5.76. The lowest BCUT2D eigenvalue weighted by molar-refractivity contribution is -0.123. The number of amides is 1. The van der Waals surface area contributed by atoms with Gasteiger partial charge in [0.2, 0.25) is 5.91 Å². The largest absolute Gasteiger partial charge is 0.394 e. The highest BCUT2D eigenvalue weighted by Gasteiger charge is 2.25. The number of aliphatic hydroxyl groups excluding tert-OH is 1. The van der Waals surface area contributed by atoms with Crippen molar-refractivity contribution < 1.29 is 9.90 Å². The topological polar surface area (TPSA) is 78.3 Å². The summed E-state index contributed by atoms with van der Waals surface area (Å²) in [4.78, 5) is 23.5. The molecule has 1 aliphatic heterocycles. The molecule has 0 bridgehead atoms. The van der Waals surface area contributed by atoms with Crippen molar-refractivity contribution in [3.63, 3.8) is 0 Å². The minimum Gasteiger partial charge on any atom is -0.394 e. The van der Waals surface area contributed by atoms with Gasteiger partial charge in [-0.2, -0.15) is 0 Å². The molecule has 1 aliphatic rings. The Morgan fingerprint density at radius 2 is 2.22 bits per heavy atom. The van der Waals surface area contributed by atoms with E-state index in [1.165, 1.54) is 6.42 Å². The smallest absolute Gasteiger partial charge is 0.220 e. The summed E-state index contributed by atoms with van der Waals surface area (Å²) >= 11 is 0. The summed E-state index contributed by atoms with van der Waals surface area (Å²) in [7, 11) is 2.10. The van der Waals surface area contributed by atoms with Crippen LogP contribution in [0.2, 0.25) is 0 Å². The molecule has 0 aliphatic carbocycles. The third-order valence-electron chi connectivity index (χ3n) is 4.22. The van der Waals surface area contributed by atoms with E-state index in [0.29, 0.717) is 12.8 Å². The Hall–Kier alpha value is -1.53. The van der Waals surface area contributed by atoms with E-state index in [0.717, 1.165) is 30.2 Å². The zero-order chi connectivity index (χ0) is 17.0. The Morgan fingerprint density at radius 1 is 1.48 bits per heavy atom. The molecular formula is C17H28N4O2. The zero-order valence-corrected chi connectivity index (χ0v) is 14.6. The van der Waals surface area contributed by atoms with Gasteiger partial charge in [-0.05, 0) is 59.7 Å². The molecule has 23 heavy (non-hydrogen) atoms. The number of aliphatic hydroxyl groups is 1. The van der Waals surface area contributed by atoms with Gasteiger partial charge in [0.1, 0.15) is 5.82 Å². The predicted octanol–water partition coefficient (Wildman–Crippen LogP) is 1.37. The molecule has 128 valence electrons. The zero-order valence-electron chi connectivity index (χ0n) is 14.6. The monoisotopic (exact) mass is 320 g/mol. The molecule has 0 aromatic carbocycles. The van der Waals surface area contributed by atoms with Gasteiger partial charge in [0.05, 0.1) is 18.2 Å². The van der Waals surface area contributed by atoms with Gasteiger partial charge < -0.3 is 10.4 Å². The van der Waals surface area contributed by atoms with E-state index in [1.54, 1.807) is 13.8 Å². The van der Waals surface area contributed by atoms with E-state index < -0.39 is 5.54 Å². The quantitative estimate of drug-likeness (QED) is 0.828. The summed E-state index contributed by atoms with van der Waals surface area (Å²) < 4.78 is 0. The highest BCUT2D eigenvalue weighted by atomic mass is 16.3. The van der Waals surface area contributed by atoms with Crippen LogP contribution in [0, 0.1) is 6.92 Å². The van der Waals surface area contributed by atoms with E-state index in [1.807, 2.05) is 13.0 Å². The average Bonchev–Trinajstić information content (AvgIpc) is 2.90. The fourth-order valence-corrected chi connectivity index (χ4v) is 2.89. The number of hydrogen-bond donors (Lipinski definition) is 2. The van der Waals surface area contributed by atoms with Crippen molar-refractivity contribution in [2.75, 3.05) is 20.2 Å². The Morgan fingerprint density at radius 3 is 2.83 bits per heavy atom. The first-order chi connectivity index (χ1) is 10.8. The van der Waals surface area contributed by atoms with E-state index in [4.69, 9.17) is 0 Å². The van der Waals surface area contributed by atoms with Crippen molar-refractivity contribution >= 4 is 5.91 Å². The van der Waals surface area contributed by atoms with Gasteiger partial charge in [-0.25, -0.2) is 9.97 Å². The maximum Gasteiger partial charge on any atom is 0.220 e. The maximum absolute atomic E-state index is 12.0. The first-order valence-corrected chi connectivity index (χ1v) is 8.27. The van der Waals surface area contributed by atoms with Crippen LogP contribution in [-0.2, 0) is 11.2 Å². The van der Waals surface area contributed by atoms with Crippen LogP contribution < -0.4 is 5.32 Å². The van der Waals surface area contributed by atoms with Gasteiger partial charge >= 0.3 is 0 Å². The molecule has 6 nitrogen and oxygen atoms in total. The van der Waals surface area contributed by atoms with E-state index in [9.17, 15) is 9.90 Å². The second-order valence-electron chi connectivity index (χ2n) is 7.09. The Bertz CT molecular complexity index is 560. The Labute approximate surface area is 138 Å². The van der Waals surface area contributed by atoms with Crippen LogP contribution >= 0.6 is 0 Å². The molecule has 1 fully saturated rings. The number of aryl methyl sites for hydroxylation is 2. The van der Waals surface area contributed by atoms with E-state index in [-0.39, 0.29) is 18.6 Å². The van der Waals surface area contributed by atoms with Crippen molar-refractivity contribution in [3.05, 3.63) is 23.3 Å². The van der Waals surface area contributed by atoms with Gasteiger partial charge in [0.15, 0.2) is 0 Å². The minimum absolute atomic E-state index is 0.0696. The second-order valence-corrected chi connectivity index (χ2v) is 7.09. The molecule has 0 radical (unpaired) electrons. The molecule has 1 aromatic rings. The standard InChI is InChI=1S/C17H28N4O2/c1-12-10-13(7-8-15(23)20-17(2,3)11-22)19-16(18-12)14-6-5-9-21(14)4/h10,14,22H,5-9,11H2,1-4H3,(H,20,23)/t14-/m1/s1. The summed E-state index contributed by atoms with van der Waals surface area (Å²) in [5.41, 5.74) is 1.27. The first-order valence-electron chi connectivity index (χ1n) is 8.27. The van der Waals surface area contributed by atoms with E-state index >= 15 is 0 Å². The number of carbonyl (C=O) groups excluding carboxylic acids is 1. The normalized spacial score (nSPS) is 19.1. The molecule has 1 amide bonds. The lowest BCUT2D eigenvalue weighted by Crippen LogP contribution is -2.46. The SMILES string of the molecule is Cc1cc(CCC(=O)NC(C)(C)CO)nc([C@H]2CCCN2C)n1. The van der Waals surface area contributed by atoms with Crippen molar-refractivity contribution in [3.8, 4) is 0 Å². The third-order valence-corrected chi connectivity index (χ3v) is 4.22. The van der Waals surface area contributed by atoms with Gasteiger partial charge in [-0.3, -0.25) is 9.69 Å². The third kappa shape index (κ3) is 4.97. The van der Waals surface area contributed by atoms with Crippen molar-refractivity contribution in [2.45, 2.75) is 58.0 Å². The number of nitrogens with one attached hydrogen (secondary N) is 1. The average molecular weight is 320 g/mol. The molecule has 2 heterocycles. The molecule has 0 saturated carbocycles. The number of aromatic nitrogens is 2. The molecule has 2 rings (SSSR count). The molecule has 1 aromatic heterocycles. The number of likely N-dealkylation sites (tertiary alicyclic amines) is 1. The summed E-state index contributed by atoms with van der Waals surface area (Å²) in [6.07, 6.45) is 3.21. The molecular weight excluding hydrogens is 292 g/mol. The van der Waals surface area contributed by atoms with Gasteiger partial charge in [0, 0.05) is 17.8 Å². The second kappa shape index (κ2) is 7.36. The van der Waals surface area contributed by atoms with Crippen LogP contribution in [0.4, 0.5) is 0 Å². The first kappa shape index (κ1) is 17.8. The lowest BCUT2D eigenvalue weighted by atomic mass is 10.1. The van der Waals surface area contributed by atoms with Crippen molar-refractivity contribution in [1.29, 1.82) is 0 Å². The number of rotatable bonds is 6. The molecule has 0 spiro atoms.